The van der Waals surface area contributed by atoms with E-state index >= 15 is 0 Å². The number of carbonyl (C=O) groups excluding carboxylic acids is 13. The normalized spacial score (nSPS) is 16.8. The van der Waals surface area contributed by atoms with Crippen LogP contribution < -0.4 is 82.7 Å². The van der Waals surface area contributed by atoms with E-state index in [0.717, 1.165) is 5.56 Å². The van der Waals surface area contributed by atoms with Crippen LogP contribution in [0.2, 0.25) is 0 Å². The monoisotopic (exact) mass is 1360 g/mol. The Morgan fingerprint density at radius 2 is 1.04 bits per heavy atom. The number of thioether (sulfide) groups is 1. The highest BCUT2D eigenvalue weighted by molar-refractivity contribution is 7.98. The lowest BCUT2D eigenvalue weighted by Gasteiger charge is -2.32. The van der Waals surface area contributed by atoms with E-state index in [9.17, 15) is 62.3 Å². The molecule has 0 spiro atoms. The Hall–Kier alpha value is -8.91. The number of rotatable bonds is 43. The molecule has 2 saturated heterocycles. The highest BCUT2D eigenvalue weighted by atomic mass is 32.2. The van der Waals surface area contributed by atoms with Gasteiger partial charge in [-0.25, -0.2) is 0 Å². The van der Waals surface area contributed by atoms with E-state index in [-0.39, 0.29) is 89.4 Å². The average Bonchev–Trinajstić information content (AvgIpc) is 1.62. The van der Waals surface area contributed by atoms with Gasteiger partial charge in [-0.1, -0.05) is 74.5 Å². The fourth-order valence-corrected chi connectivity index (χ4v) is 11.7. The minimum absolute atomic E-state index is 0.0749. The first-order valence-electron chi connectivity index (χ1n) is 32.7. The van der Waals surface area contributed by atoms with Gasteiger partial charge in [0.15, 0.2) is 5.96 Å². The molecule has 10 atom stereocenters. The molecule has 2 aliphatic heterocycles. The molecule has 4 rings (SSSR count). The number of hydrogen-bond donors (Lipinski definition) is 15. The van der Waals surface area contributed by atoms with Gasteiger partial charge in [-0.3, -0.25) is 67.3 Å². The molecule has 0 aromatic heterocycles. The molecule has 2 fully saturated rings. The number of amides is 13. The van der Waals surface area contributed by atoms with Crippen LogP contribution in [0.3, 0.4) is 0 Å². The van der Waals surface area contributed by atoms with Crippen molar-refractivity contribution < 1.29 is 62.3 Å². The lowest BCUT2D eigenvalue weighted by atomic mass is 10.0. The van der Waals surface area contributed by atoms with Crippen molar-refractivity contribution in [2.24, 2.45) is 51.0 Å². The molecular weight excluding hydrogens is 1260 g/mol. The van der Waals surface area contributed by atoms with Crippen LogP contribution in [0.15, 0.2) is 65.7 Å². The molecule has 13 amide bonds. The Morgan fingerprint density at radius 3 is 1.56 bits per heavy atom. The van der Waals surface area contributed by atoms with E-state index in [1.165, 1.54) is 21.6 Å². The molecule has 0 bridgehead atoms. The van der Waals surface area contributed by atoms with Crippen molar-refractivity contribution in [3.8, 4) is 0 Å². The zero-order valence-corrected chi connectivity index (χ0v) is 56.0. The summed E-state index contributed by atoms with van der Waals surface area (Å²) in [7, 11) is 0. The molecule has 96 heavy (non-hydrogen) atoms. The lowest BCUT2D eigenvalue weighted by Crippen LogP contribution is -2.60. The van der Waals surface area contributed by atoms with Gasteiger partial charge in [0, 0.05) is 38.9 Å². The summed E-state index contributed by atoms with van der Waals surface area (Å²) in [6, 6.07) is 5.07. The zero-order chi connectivity index (χ0) is 70.9. The summed E-state index contributed by atoms with van der Waals surface area (Å²) in [6.45, 7) is 3.88. The molecule has 0 aliphatic carbocycles. The van der Waals surface area contributed by atoms with Gasteiger partial charge >= 0.3 is 0 Å². The van der Waals surface area contributed by atoms with E-state index in [1.54, 1.807) is 60.7 Å². The van der Waals surface area contributed by atoms with E-state index < -0.39 is 169 Å². The fourth-order valence-electron chi connectivity index (χ4n) is 11.2. The quantitative estimate of drug-likeness (QED) is 0.0175. The van der Waals surface area contributed by atoms with E-state index in [4.69, 9.17) is 40.1 Å². The van der Waals surface area contributed by atoms with Gasteiger partial charge in [-0.2, -0.15) is 11.8 Å². The third-order valence-corrected chi connectivity index (χ3v) is 17.0. The number of aryl methyl sites for hydroxylation is 1. The Balaban J connectivity index is 1.57. The second-order valence-electron chi connectivity index (χ2n) is 24.5. The zero-order valence-electron chi connectivity index (χ0n) is 55.2. The van der Waals surface area contributed by atoms with Crippen LogP contribution >= 0.6 is 11.8 Å². The average molecular weight is 1360 g/mol. The molecule has 0 saturated carbocycles. The predicted octanol–water partition coefficient (Wildman–Crippen LogP) is -3.32. The number of nitrogens with one attached hydrogen (secondary N) is 8. The molecule has 2 aromatic rings. The number of primary amides is 3. The largest absolute Gasteiger partial charge is 0.370 e. The standard InChI is InChI=1S/C64H100N18O13S/c1-38(2)35-47(59(91)75-42(54(69)86)29-34-96-3)74-53(85)37-73-55(87)48(36-40-17-8-5-9-18-40)80-58(90)43(24-23-39-15-6-4-7-16-39)76-56(88)44(25-27-51(67)83)77-57(89)45(26-28-52(68)84)78-60(92)50-22-14-33-82(50)63(95)46(20-10-11-30-65)79-61(93)49-21-13-32-81(49)62(94)41(66)19-12-31-72-64(70)71/h4-9,15-18,38,41-50H,10-14,19-37,65-66H2,1-3H3,(H2,67,83)(H2,68,84)(H2,69,86)(H,73,87)(H,74,85)(H,75,91)(H,76,88)(H,77,89)(H,78,92)(H,79,93)(H,80,90)(H4,70,71,72)/t41-,42-,43-,44-,45-,46-,47-,48-,49-,50-/m0/s1. The number of nitrogens with two attached hydrogens (primary N) is 7. The molecule has 2 aromatic carbocycles. The molecule has 22 N–H and O–H groups in total. The number of unbranched alkanes of at least 4 members (excludes halogenated alkanes) is 1. The number of benzene rings is 2. The van der Waals surface area contributed by atoms with Crippen molar-refractivity contribution in [3.05, 3.63) is 71.8 Å². The van der Waals surface area contributed by atoms with Gasteiger partial charge in [-0.15, -0.1) is 0 Å². The molecule has 0 radical (unpaired) electrons. The number of aliphatic imine (C=N–C) groups is 1. The minimum Gasteiger partial charge on any atom is -0.370 e. The van der Waals surface area contributed by atoms with Crippen LogP contribution in [0.5, 0.6) is 0 Å². The molecule has 0 unspecified atom stereocenters. The number of nitrogens with zero attached hydrogens (tertiary/aromatic N) is 3. The lowest BCUT2D eigenvalue weighted by molar-refractivity contribution is -0.144. The molecule has 2 heterocycles. The highest BCUT2D eigenvalue weighted by Crippen LogP contribution is 2.24. The highest BCUT2D eigenvalue weighted by Gasteiger charge is 2.42. The van der Waals surface area contributed by atoms with Crippen molar-refractivity contribution in [2.75, 3.05) is 44.7 Å². The summed E-state index contributed by atoms with van der Waals surface area (Å²) < 4.78 is 0. The maximum absolute atomic E-state index is 14.7. The fraction of sp³-hybridized carbons (Fsp3) is 0.594. The molecule has 31 nitrogen and oxygen atoms in total. The van der Waals surface area contributed by atoms with Gasteiger partial charge in [0.25, 0.3) is 0 Å². The summed E-state index contributed by atoms with van der Waals surface area (Å²) in [4.78, 5) is 185. The SMILES string of the molecule is CSCC[C@H](NC(=O)[C@H](CC(C)C)NC(=O)CNC(=O)[C@H](Cc1ccccc1)NC(=O)[C@H](CCc1ccccc1)NC(=O)[C@H](CCC(N)=O)NC(=O)[C@H](CCC(N)=O)NC(=O)[C@@H]1CCCN1C(=O)[C@H](CCCCN)NC(=O)[C@@H]1CCCN1C(=O)[C@@H](N)CCCN=C(N)N)C(N)=O. The number of guanidine groups is 1. The van der Waals surface area contributed by atoms with E-state index in [1.807, 2.05) is 20.1 Å². The van der Waals surface area contributed by atoms with Crippen LogP contribution in [0.4, 0.5) is 0 Å². The van der Waals surface area contributed by atoms with E-state index in [2.05, 4.69) is 47.5 Å². The van der Waals surface area contributed by atoms with Gasteiger partial charge in [-0.05, 0) is 132 Å². The summed E-state index contributed by atoms with van der Waals surface area (Å²) >= 11 is 1.45. The van der Waals surface area contributed by atoms with Crippen LogP contribution in [0, 0.1) is 5.92 Å². The van der Waals surface area contributed by atoms with Crippen LogP contribution in [0.25, 0.3) is 0 Å². The summed E-state index contributed by atoms with van der Waals surface area (Å²) in [5, 5.41) is 21.2. The van der Waals surface area contributed by atoms with Gasteiger partial charge in [0.05, 0.1) is 12.6 Å². The Kier molecular flexibility index (Phi) is 34.6. The first-order chi connectivity index (χ1) is 45.7. The molecule has 2 aliphatic rings. The maximum Gasteiger partial charge on any atom is 0.245 e. The summed E-state index contributed by atoms with van der Waals surface area (Å²) in [5.41, 5.74) is 40.9. The third kappa shape index (κ3) is 27.8. The Labute approximate surface area is 564 Å². The van der Waals surface area contributed by atoms with Crippen molar-refractivity contribution in [2.45, 2.75) is 190 Å². The summed E-state index contributed by atoms with van der Waals surface area (Å²) in [6.07, 6.45) is 3.45. The second-order valence-corrected chi connectivity index (χ2v) is 25.4. The molecule has 32 heteroatoms. The van der Waals surface area contributed by atoms with Crippen LogP contribution in [0.1, 0.15) is 128 Å². The van der Waals surface area contributed by atoms with Crippen molar-refractivity contribution in [1.29, 1.82) is 0 Å². The number of hydrogen-bond acceptors (Lipinski definition) is 17. The first-order valence-corrected chi connectivity index (χ1v) is 34.1. The molecular formula is C64H100N18O13S. The van der Waals surface area contributed by atoms with Crippen LogP contribution in [-0.4, -0.2) is 198 Å². The maximum atomic E-state index is 14.7. The smallest absolute Gasteiger partial charge is 0.245 e. The van der Waals surface area contributed by atoms with Crippen molar-refractivity contribution in [3.63, 3.8) is 0 Å². The van der Waals surface area contributed by atoms with Gasteiger partial charge in [0.2, 0.25) is 76.8 Å². The molecule has 530 valence electrons. The first kappa shape index (κ1) is 79.5. The predicted molar refractivity (Wildman–Crippen MR) is 360 cm³/mol. The second kappa shape index (κ2) is 41.8. The Morgan fingerprint density at radius 1 is 0.542 bits per heavy atom. The van der Waals surface area contributed by atoms with Gasteiger partial charge in [0.1, 0.15) is 54.4 Å². The number of likely N-dealkylation sites (tertiary alicyclic amines) is 2. The summed E-state index contributed by atoms with van der Waals surface area (Å²) in [5.74, 6) is -9.73. The third-order valence-electron chi connectivity index (χ3n) is 16.3. The van der Waals surface area contributed by atoms with Gasteiger partial charge < -0.3 is 92.5 Å². The Bertz CT molecular complexity index is 2980. The minimum atomic E-state index is -1.63. The van der Waals surface area contributed by atoms with Crippen LogP contribution in [-0.2, 0) is 75.2 Å². The number of carbonyl (C=O) groups is 13. The topological polar surface area (TPSA) is 519 Å². The van der Waals surface area contributed by atoms with Crippen molar-refractivity contribution in [1.82, 2.24) is 52.3 Å². The van der Waals surface area contributed by atoms with E-state index in [0.29, 0.717) is 49.8 Å². The van der Waals surface area contributed by atoms with Crippen molar-refractivity contribution >= 4 is 94.5 Å².